The molecule has 1 N–H and O–H groups in total. The Balaban J connectivity index is 1.65. The van der Waals surface area contributed by atoms with Gasteiger partial charge in [0.25, 0.3) is 5.91 Å². The number of nitrogens with zero attached hydrogens (tertiary/aromatic N) is 2. The summed E-state index contributed by atoms with van der Waals surface area (Å²) in [5.41, 5.74) is -0.0358. The molecule has 2 aromatic carbocycles. The Kier molecular flexibility index (Phi) is 8.03. The van der Waals surface area contributed by atoms with Gasteiger partial charge in [-0.3, -0.25) is 14.4 Å². The van der Waals surface area contributed by atoms with E-state index in [2.05, 4.69) is 22.5 Å². The molecule has 1 spiro atoms. The molecule has 1 unspecified atom stereocenters. The van der Waals surface area contributed by atoms with Crippen LogP contribution in [0.5, 0.6) is 5.75 Å². The van der Waals surface area contributed by atoms with Gasteiger partial charge in [0.2, 0.25) is 5.91 Å². The van der Waals surface area contributed by atoms with Crippen molar-refractivity contribution in [1.82, 2.24) is 4.90 Å². The fraction of sp³-hybridized carbons (Fsp3) is 0.433. The summed E-state index contributed by atoms with van der Waals surface area (Å²) in [5, 5.41) is 10.6. The van der Waals surface area contributed by atoms with Gasteiger partial charge in [-0.25, -0.2) is 0 Å². The molecule has 3 heterocycles. The molecule has 10 heteroatoms. The molecule has 0 aromatic heterocycles. The first-order chi connectivity index (χ1) is 19.3. The highest BCUT2D eigenvalue weighted by Gasteiger charge is 2.77. The molecule has 3 aliphatic rings. The van der Waals surface area contributed by atoms with Crippen LogP contribution in [0.2, 0.25) is 0 Å². The number of methoxy groups -OCH3 is 1. The van der Waals surface area contributed by atoms with E-state index in [1.54, 1.807) is 61.4 Å². The molecule has 0 aliphatic carbocycles. The zero-order valence-electron chi connectivity index (χ0n) is 22.4. The predicted octanol–water partition coefficient (Wildman–Crippen LogP) is 3.26. The fourth-order valence-corrected chi connectivity index (χ4v) is 7.52. The lowest BCUT2D eigenvalue weighted by Crippen LogP contribution is -2.57. The SMILES string of the molecule is C=CCN(C(=O)[C@H]1N([C@H](CO)c2ccccc2)C(=O)[C@@H]2[C@@H](C(=O)OCC)[C@@H]3O[C@@]21CC3Br)c1ccc(OC)cc1. The quantitative estimate of drug-likeness (QED) is 0.249. The molecule has 2 amide bonds. The molecule has 3 aliphatic heterocycles. The molecular weight excluding hydrogens is 580 g/mol. The summed E-state index contributed by atoms with van der Waals surface area (Å²) < 4.78 is 17.2. The third-order valence-corrected chi connectivity index (χ3v) is 9.02. The van der Waals surface area contributed by atoms with Crippen LogP contribution in [-0.4, -0.2) is 77.2 Å². The van der Waals surface area contributed by atoms with E-state index in [1.807, 2.05) is 18.2 Å². The highest BCUT2D eigenvalue weighted by molar-refractivity contribution is 9.09. The summed E-state index contributed by atoms with van der Waals surface area (Å²) >= 11 is 3.66. The minimum Gasteiger partial charge on any atom is -0.497 e. The number of anilines is 1. The second kappa shape index (κ2) is 11.3. The van der Waals surface area contributed by atoms with Gasteiger partial charge in [0, 0.05) is 17.1 Å². The highest BCUT2D eigenvalue weighted by Crippen LogP contribution is 2.61. The minimum atomic E-state index is -1.29. The first-order valence-corrected chi connectivity index (χ1v) is 14.3. The maximum absolute atomic E-state index is 14.7. The van der Waals surface area contributed by atoms with E-state index >= 15 is 0 Å². The average Bonchev–Trinajstić information content (AvgIpc) is 3.56. The Morgan fingerprint density at radius 3 is 2.55 bits per heavy atom. The monoisotopic (exact) mass is 612 g/mol. The number of benzene rings is 2. The van der Waals surface area contributed by atoms with Crippen molar-refractivity contribution in [1.29, 1.82) is 0 Å². The van der Waals surface area contributed by atoms with Crippen molar-refractivity contribution in [3.8, 4) is 5.75 Å². The van der Waals surface area contributed by atoms with E-state index in [4.69, 9.17) is 14.2 Å². The Hall–Kier alpha value is -3.21. The lowest BCUT2D eigenvalue weighted by atomic mass is 9.70. The van der Waals surface area contributed by atoms with Crippen LogP contribution in [0.1, 0.15) is 24.9 Å². The Morgan fingerprint density at radius 1 is 1.25 bits per heavy atom. The lowest BCUT2D eigenvalue weighted by molar-refractivity contribution is -0.155. The van der Waals surface area contributed by atoms with Gasteiger partial charge in [-0.15, -0.1) is 6.58 Å². The van der Waals surface area contributed by atoms with Crippen LogP contribution in [0.15, 0.2) is 67.3 Å². The van der Waals surface area contributed by atoms with Crippen molar-refractivity contribution in [3.05, 3.63) is 72.8 Å². The minimum absolute atomic E-state index is 0.156. The van der Waals surface area contributed by atoms with Crippen LogP contribution in [-0.2, 0) is 23.9 Å². The van der Waals surface area contributed by atoms with E-state index in [0.29, 0.717) is 23.4 Å². The molecule has 3 fully saturated rings. The van der Waals surface area contributed by atoms with Crippen molar-refractivity contribution >= 4 is 39.4 Å². The number of fused-ring (bicyclic) bond motifs is 1. The van der Waals surface area contributed by atoms with Crippen LogP contribution < -0.4 is 9.64 Å². The second-order valence-electron chi connectivity index (χ2n) is 10.2. The number of aliphatic hydroxyl groups excluding tert-OH is 1. The molecule has 3 saturated heterocycles. The summed E-state index contributed by atoms with van der Waals surface area (Å²) in [6.45, 7) is 5.46. The number of likely N-dealkylation sites (tertiary alicyclic amines) is 1. The van der Waals surface area contributed by atoms with E-state index in [9.17, 15) is 19.5 Å². The summed E-state index contributed by atoms with van der Waals surface area (Å²) in [6.07, 6.45) is 1.33. The van der Waals surface area contributed by atoms with Crippen LogP contribution in [0.25, 0.3) is 0 Å². The normalized spacial score (nSPS) is 29.1. The smallest absolute Gasteiger partial charge is 0.312 e. The average molecular weight is 614 g/mol. The molecule has 9 nitrogen and oxygen atoms in total. The number of esters is 1. The van der Waals surface area contributed by atoms with Gasteiger partial charge in [0.15, 0.2) is 0 Å². The first kappa shape index (κ1) is 28.3. The molecule has 2 bridgehead atoms. The van der Waals surface area contributed by atoms with Gasteiger partial charge in [-0.05, 0) is 43.2 Å². The number of hydrogen-bond acceptors (Lipinski definition) is 7. The number of amides is 2. The van der Waals surface area contributed by atoms with Crippen LogP contribution >= 0.6 is 15.9 Å². The highest BCUT2D eigenvalue weighted by atomic mass is 79.9. The van der Waals surface area contributed by atoms with Gasteiger partial charge in [-0.2, -0.15) is 0 Å². The summed E-state index contributed by atoms with van der Waals surface area (Å²) in [7, 11) is 1.56. The maximum Gasteiger partial charge on any atom is 0.312 e. The van der Waals surface area contributed by atoms with Gasteiger partial charge in [-0.1, -0.05) is 52.3 Å². The molecular formula is C30H33BrN2O7. The number of halogens is 1. The Bertz CT molecular complexity index is 1270. The summed E-state index contributed by atoms with van der Waals surface area (Å²) in [6, 6.07) is 14.2. The number of carbonyl (C=O) groups is 3. The van der Waals surface area contributed by atoms with Crippen molar-refractivity contribution in [2.45, 2.75) is 42.0 Å². The Morgan fingerprint density at radius 2 is 1.95 bits per heavy atom. The predicted molar refractivity (Wildman–Crippen MR) is 151 cm³/mol. The molecule has 2 aromatic rings. The molecule has 212 valence electrons. The lowest BCUT2D eigenvalue weighted by Gasteiger charge is -2.39. The van der Waals surface area contributed by atoms with E-state index < -0.39 is 54.1 Å². The van der Waals surface area contributed by atoms with Crippen molar-refractivity contribution in [3.63, 3.8) is 0 Å². The van der Waals surface area contributed by atoms with Gasteiger partial charge >= 0.3 is 5.97 Å². The third-order valence-electron chi connectivity index (χ3n) is 8.17. The number of hydrogen-bond donors (Lipinski definition) is 1. The van der Waals surface area contributed by atoms with E-state index in [-0.39, 0.29) is 23.9 Å². The molecule has 0 saturated carbocycles. The summed E-state index contributed by atoms with van der Waals surface area (Å²) in [4.78, 5) is 45.0. The van der Waals surface area contributed by atoms with E-state index in [0.717, 1.165) is 0 Å². The van der Waals surface area contributed by atoms with Gasteiger partial charge in [0.05, 0.1) is 44.3 Å². The van der Waals surface area contributed by atoms with Crippen LogP contribution in [0.3, 0.4) is 0 Å². The summed E-state index contributed by atoms with van der Waals surface area (Å²) in [5.74, 6) is -2.50. The zero-order chi connectivity index (χ0) is 28.6. The fourth-order valence-electron chi connectivity index (χ4n) is 6.58. The third kappa shape index (κ3) is 4.42. The van der Waals surface area contributed by atoms with Crippen LogP contribution in [0, 0.1) is 11.8 Å². The van der Waals surface area contributed by atoms with Gasteiger partial charge in [0.1, 0.15) is 17.4 Å². The van der Waals surface area contributed by atoms with Crippen LogP contribution in [0.4, 0.5) is 5.69 Å². The number of ether oxygens (including phenoxy) is 3. The van der Waals surface area contributed by atoms with Gasteiger partial charge < -0.3 is 29.1 Å². The zero-order valence-corrected chi connectivity index (χ0v) is 24.0. The molecule has 0 radical (unpaired) electrons. The van der Waals surface area contributed by atoms with E-state index in [1.165, 1.54) is 4.90 Å². The largest absolute Gasteiger partial charge is 0.497 e. The molecule has 40 heavy (non-hydrogen) atoms. The first-order valence-electron chi connectivity index (χ1n) is 13.4. The van der Waals surface area contributed by atoms with Crippen molar-refractivity contribution in [2.75, 3.05) is 31.8 Å². The topological polar surface area (TPSA) is 106 Å². The molecule has 7 atom stereocenters. The second-order valence-corrected chi connectivity index (χ2v) is 11.4. The molecule has 5 rings (SSSR count). The number of aliphatic hydroxyl groups is 1. The van der Waals surface area contributed by atoms with Crippen molar-refractivity contribution in [2.24, 2.45) is 11.8 Å². The van der Waals surface area contributed by atoms with Crippen molar-refractivity contribution < 1.29 is 33.7 Å². The number of carbonyl (C=O) groups excluding carboxylic acids is 3. The standard InChI is InChI=1S/C30H33BrN2O7/c1-4-15-32(19-11-13-20(38-3)14-12-19)28(36)26-30-16-21(31)25(40-30)23(29(37)39-5-2)24(30)27(35)33(26)22(17-34)18-9-7-6-8-10-18/h4,6-14,21-26,34H,1,5,15-17H2,2-3H3/t21?,22-,23-,24+,25-,26-,30+/m1/s1. The Labute approximate surface area is 241 Å². The number of rotatable bonds is 10. The number of alkyl halides is 1. The maximum atomic E-state index is 14.7.